The summed E-state index contributed by atoms with van der Waals surface area (Å²) >= 11 is 6.77. The van der Waals surface area contributed by atoms with Crippen LogP contribution in [0.5, 0.6) is 0 Å². The Bertz CT molecular complexity index is 307. The van der Waals surface area contributed by atoms with Crippen LogP contribution in [0.25, 0.3) is 0 Å². The van der Waals surface area contributed by atoms with Gasteiger partial charge in [-0.1, -0.05) is 23.4 Å². The summed E-state index contributed by atoms with van der Waals surface area (Å²) in [7, 11) is 0. The van der Waals surface area contributed by atoms with Gasteiger partial charge in [0.2, 0.25) is 0 Å². The zero-order valence-electron chi connectivity index (χ0n) is 7.01. The summed E-state index contributed by atoms with van der Waals surface area (Å²) in [5.41, 5.74) is 0.727. The Morgan fingerprint density at radius 2 is 2.23 bits per heavy atom. The van der Waals surface area contributed by atoms with E-state index in [1.165, 1.54) is 19.1 Å². The highest BCUT2D eigenvalue weighted by Gasteiger charge is 2.01. The van der Waals surface area contributed by atoms with Crippen LogP contribution >= 0.6 is 23.4 Å². The molecule has 0 aromatic heterocycles. The molecule has 1 aromatic rings. The van der Waals surface area contributed by atoms with E-state index in [-0.39, 0.29) is 10.9 Å². The lowest BCUT2D eigenvalue weighted by molar-refractivity contribution is -0.109. The lowest BCUT2D eigenvalue weighted by atomic mass is 10.2. The number of hydrogen-bond donors (Lipinski definition) is 0. The van der Waals surface area contributed by atoms with Crippen molar-refractivity contribution in [2.75, 3.05) is 0 Å². The maximum Gasteiger partial charge on any atom is 0.186 e. The third-order valence-electron chi connectivity index (χ3n) is 1.36. The minimum absolute atomic E-state index is 0.0142. The van der Waals surface area contributed by atoms with Gasteiger partial charge in [-0.15, -0.1) is 0 Å². The van der Waals surface area contributed by atoms with Crippen LogP contribution in [0.4, 0.5) is 4.39 Å². The highest BCUT2D eigenvalue weighted by atomic mass is 35.5. The van der Waals surface area contributed by atoms with E-state index in [4.69, 9.17) is 11.6 Å². The Balaban J connectivity index is 2.71. The molecular weight excluding hydrogens is 211 g/mol. The van der Waals surface area contributed by atoms with Crippen molar-refractivity contribution >= 4 is 28.5 Å². The molecule has 0 aliphatic rings. The second-order valence-electron chi connectivity index (χ2n) is 2.56. The monoisotopic (exact) mass is 218 g/mol. The first-order valence-corrected chi connectivity index (χ1v) is 5.02. The minimum atomic E-state index is -0.369. The van der Waals surface area contributed by atoms with Gasteiger partial charge >= 0.3 is 0 Å². The SMILES string of the molecule is CC(=O)SCc1cc(F)cc(Cl)c1. The van der Waals surface area contributed by atoms with Crippen molar-refractivity contribution in [3.8, 4) is 0 Å². The van der Waals surface area contributed by atoms with Crippen LogP contribution in [0.3, 0.4) is 0 Å². The summed E-state index contributed by atoms with van der Waals surface area (Å²) in [5, 5.41) is 0.375. The molecule has 1 aromatic carbocycles. The lowest BCUT2D eigenvalue weighted by Gasteiger charge is -1.99. The average molecular weight is 219 g/mol. The molecule has 0 unspecified atom stereocenters. The topological polar surface area (TPSA) is 17.1 Å². The number of carbonyl (C=O) groups excluding carboxylic acids is 1. The first-order valence-electron chi connectivity index (χ1n) is 3.66. The molecule has 4 heteroatoms. The van der Waals surface area contributed by atoms with E-state index in [1.54, 1.807) is 6.07 Å². The zero-order valence-corrected chi connectivity index (χ0v) is 8.58. The smallest absolute Gasteiger partial charge is 0.186 e. The summed E-state index contributed by atoms with van der Waals surface area (Å²) in [4.78, 5) is 10.6. The highest BCUT2D eigenvalue weighted by molar-refractivity contribution is 8.12. The molecule has 0 bridgehead atoms. The molecule has 70 valence electrons. The summed E-state index contributed by atoms with van der Waals surface area (Å²) < 4.78 is 12.8. The van der Waals surface area contributed by atoms with Gasteiger partial charge in [-0.2, -0.15) is 0 Å². The van der Waals surface area contributed by atoms with Gasteiger partial charge in [-0.3, -0.25) is 4.79 Å². The van der Waals surface area contributed by atoms with Crippen molar-refractivity contribution < 1.29 is 9.18 Å². The van der Waals surface area contributed by atoms with Crippen LogP contribution in [-0.2, 0) is 10.5 Å². The zero-order chi connectivity index (χ0) is 9.84. The highest BCUT2D eigenvalue weighted by Crippen LogP contribution is 2.18. The second-order valence-corrected chi connectivity index (χ2v) is 4.15. The molecule has 13 heavy (non-hydrogen) atoms. The Hall–Kier alpha value is -0.540. The Morgan fingerprint density at radius 3 is 2.77 bits per heavy atom. The van der Waals surface area contributed by atoms with E-state index < -0.39 is 0 Å². The molecule has 0 saturated carbocycles. The molecule has 0 saturated heterocycles. The van der Waals surface area contributed by atoms with Crippen LogP contribution in [-0.4, -0.2) is 5.12 Å². The predicted octanol–water partition coefficient (Wildman–Crippen LogP) is 3.26. The van der Waals surface area contributed by atoms with Crippen molar-refractivity contribution in [3.63, 3.8) is 0 Å². The molecule has 0 atom stereocenters. The largest absolute Gasteiger partial charge is 0.288 e. The fourth-order valence-electron chi connectivity index (χ4n) is 0.879. The number of thioether (sulfide) groups is 1. The number of hydrogen-bond acceptors (Lipinski definition) is 2. The van der Waals surface area contributed by atoms with Crippen molar-refractivity contribution in [1.82, 2.24) is 0 Å². The molecule has 0 aliphatic heterocycles. The van der Waals surface area contributed by atoms with Gasteiger partial charge in [-0.25, -0.2) is 4.39 Å². The minimum Gasteiger partial charge on any atom is -0.288 e. The Morgan fingerprint density at radius 1 is 1.54 bits per heavy atom. The number of halogens is 2. The van der Waals surface area contributed by atoms with Gasteiger partial charge in [-0.05, 0) is 23.8 Å². The standard InChI is InChI=1S/C9H8ClFOS/c1-6(12)13-5-7-2-8(10)4-9(11)3-7/h2-4H,5H2,1H3. The van der Waals surface area contributed by atoms with E-state index in [9.17, 15) is 9.18 Å². The van der Waals surface area contributed by atoms with Gasteiger partial charge in [0.15, 0.2) is 5.12 Å². The van der Waals surface area contributed by atoms with Crippen LogP contribution in [0.1, 0.15) is 12.5 Å². The Kier molecular flexibility index (Phi) is 3.75. The summed E-state index contributed by atoms with van der Waals surface area (Å²) in [5.74, 6) is 0.0963. The molecule has 0 radical (unpaired) electrons. The predicted molar refractivity (Wildman–Crippen MR) is 53.4 cm³/mol. The molecule has 1 nitrogen and oxygen atoms in total. The van der Waals surface area contributed by atoms with Crippen LogP contribution < -0.4 is 0 Å². The third-order valence-corrected chi connectivity index (χ3v) is 2.47. The maximum atomic E-state index is 12.8. The normalized spacial score (nSPS) is 10.1. The second kappa shape index (κ2) is 4.63. The average Bonchev–Trinajstić information content (AvgIpc) is 1.99. The fourth-order valence-corrected chi connectivity index (χ4v) is 1.66. The van der Waals surface area contributed by atoms with Crippen molar-refractivity contribution in [2.24, 2.45) is 0 Å². The molecule has 0 N–H and O–H groups in total. The maximum absolute atomic E-state index is 12.8. The summed E-state index contributed by atoms with van der Waals surface area (Å²) in [6.45, 7) is 1.48. The number of carbonyl (C=O) groups is 1. The molecule has 0 spiro atoms. The van der Waals surface area contributed by atoms with E-state index in [2.05, 4.69) is 0 Å². The molecule has 0 amide bonds. The first-order chi connectivity index (χ1) is 6.08. The van der Waals surface area contributed by atoms with E-state index >= 15 is 0 Å². The Labute approximate surface area is 85.3 Å². The first kappa shape index (κ1) is 10.5. The van der Waals surface area contributed by atoms with Crippen LogP contribution in [0.2, 0.25) is 5.02 Å². The van der Waals surface area contributed by atoms with E-state index in [0.717, 1.165) is 17.3 Å². The molecule has 1 rings (SSSR count). The van der Waals surface area contributed by atoms with Gasteiger partial charge in [0.1, 0.15) is 5.82 Å². The van der Waals surface area contributed by atoms with E-state index in [1.807, 2.05) is 0 Å². The third kappa shape index (κ3) is 3.79. The van der Waals surface area contributed by atoms with Gasteiger partial charge in [0.25, 0.3) is 0 Å². The molecule has 0 aliphatic carbocycles. The van der Waals surface area contributed by atoms with Gasteiger partial charge in [0, 0.05) is 17.7 Å². The quantitative estimate of drug-likeness (QED) is 0.758. The van der Waals surface area contributed by atoms with Gasteiger partial charge in [0.05, 0.1) is 0 Å². The van der Waals surface area contributed by atoms with E-state index in [0.29, 0.717) is 10.8 Å². The van der Waals surface area contributed by atoms with Crippen molar-refractivity contribution in [1.29, 1.82) is 0 Å². The molecular formula is C9H8ClFOS. The van der Waals surface area contributed by atoms with Crippen LogP contribution in [0.15, 0.2) is 18.2 Å². The van der Waals surface area contributed by atoms with Gasteiger partial charge < -0.3 is 0 Å². The lowest BCUT2D eigenvalue weighted by Crippen LogP contribution is -1.87. The number of benzene rings is 1. The van der Waals surface area contributed by atoms with Crippen molar-refractivity contribution in [3.05, 3.63) is 34.6 Å². The molecule has 0 fully saturated rings. The van der Waals surface area contributed by atoms with Crippen molar-refractivity contribution in [2.45, 2.75) is 12.7 Å². The summed E-state index contributed by atoms with van der Waals surface area (Å²) in [6.07, 6.45) is 0. The van der Waals surface area contributed by atoms with Crippen LogP contribution in [0, 0.1) is 5.82 Å². The summed E-state index contributed by atoms with van der Waals surface area (Å²) in [6, 6.07) is 4.27. The number of rotatable bonds is 2. The fraction of sp³-hybridized carbons (Fsp3) is 0.222. The molecule has 0 heterocycles.